The lowest BCUT2D eigenvalue weighted by Gasteiger charge is -2.46. The van der Waals surface area contributed by atoms with E-state index in [1.165, 1.54) is 16.8 Å². The first-order valence-electron chi connectivity index (χ1n) is 9.63. The quantitative estimate of drug-likeness (QED) is 0.881. The summed E-state index contributed by atoms with van der Waals surface area (Å²) in [6.45, 7) is 7.01. The third kappa shape index (κ3) is 3.69. The largest absolute Gasteiger partial charge is 0.368 e. The summed E-state index contributed by atoms with van der Waals surface area (Å²) in [5.41, 5.74) is 3.44. The number of benzene rings is 2. The van der Waals surface area contributed by atoms with Crippen LogP contribution in [0.25, 0.3) is 0 Å². The highest BCUT2D eigenvalue weighted by atomic mass is 35.5. The second-order valence-corrected chi connectivity index (χ2v) is 8.19. The lowest BCUT2D eigenvalue weighted by molar-refractivity contribution is -0.145. The average molecular weight is 384 g/mol. The second kappa shape index (κ2) is 7.53. The van der Waals surface area contributed by atoms with Crippen molar-refractivity contribution in [2.75, 3.05) is 44.2 Å². The van der Waals surface area contributed by atoms with Crippen LogP contribution < -0.4 is 10.2 Å². The van der Waals surface area contributed by atoms with Crippen LogP contribution in [0.4, 0.5) is 5.69 Å². The van der Waals surface area contributed by atoms with Gasteiger partial charge in [-0.05, 0) is 42.7 Å². The second-order valence-electron chi connectivity index (χ2n) is 7.75. The van der Waals surface area contributed by atoms with Gasteiger partial charge in [-0.2, -0.15) is 0 Å². The molecule has 4 nitrogen and oxygen atoms in total. The third-order valence-corrected chi connectivity index (χ3v) is 6.11. The first-order chi connectivity index (χ1) is 13.1. The van der Waals surface area contributed by atoms with Crippen LogP contribution in [0.1, 0.15) is 11.1 Å². The highest BCUT2D eigenvalue weighted by Gasteiger charge is 2.46. The molecule has 2 aliphatic heterocycles. The van der Waals surface area contributed by atoms with Crippen molar-refractivity contribution < 1.29 is 4.79 Å². The molecule has 2 aliphatic rings. The maximum absolute atomic E-state index is 13.3. The zero-order valence-corrected chi connectivity index (χ0v) is 16.5. The van der Waals surface area contributed by atoms with Crippen molar-refractivity contribution in [2.45, 2.75) is 13.3 Å². The van der Waals surface area contributed by atoms with E-state index in [1.807, 2.05) is 24.3 Å². The number of aryl methyl sites for hydroxylation is 1. The first-order valence-corrected chi connectivity index (χ1v) is 10.0. The van der Waals surface area contributed by atoms with Gasteiger partial charge in [0.25, 0.3) is 0 Å². The van der Waals surface area contributed by atoms with Gasteiger partial charge in [-0.3, -0.25) is 4.79 Å². The molecule has 0 aromatic heterocycles. The molecule has 0 unspecified atom stereocenters. The van der Waals surface area contributed by atoms with Crippen molar-refractivity contribution >= 4 is 23.2 Å². The molecule has 1 amide bonds. The van der Waals surface area contributed by atoms with E-state index >= 15 is 0 Å². The molecular weight excluding hydrogens is 358 g/mol. The van der Waals surface area contributed by atoms with Crippen molar-refractivity contribution in [1.29, 1.82) is 0 Å². The number of amides is 1. The summed E-state index contributed by atoms with van der Waals surface area (Å²) in [6.07, 6.45) is 0.772. The van der Waals surface area contributed by atoms with Gasteiger partial charge < -0.3 is 15.1 Å². The van der Waals surface area contributed by atoms with Crippen molar-refractivity contribution in [3.05, 3.63) is 64.7 Å². The number of nitrogens with zero attached hydrogens (tertiary/aromatic N) is 2. The topological polar surface area (TPSA) is 35.6 Å². The molecule has 2 heterocycles. The minimum absolute atomic E-state index is 0.292. The molecule has 2 fully saturated rings. The number of anilines is 1. The Kier molecular flexibility index (Phi) is 5.11. The first kappa shape index (κ1) is 18.3. The molecule has 2 aromatic carbocycles. The van der Waals surface area contributed by atoms with E-state index in [1.54, 1.807) is 0 Å². The molecule has 0 bridgehead atoms. The lowest BCUT2D eigenvalue weighted by atomic mass is 9.75. The maximum atomic E-state index is 13.3. The molecule has 0 atom stereocenters. The zero-order valence-electron chi connectivity index (χ0n) is 15.7. The molecule has 0 spiro atoms. The van der Waals surface area contributed by atoms with Gasteiger partial charge in [-0.25, -0.2) is 0 Å². The average Bonchev–Trinajstić information content (AvgIpc) is 2.66. The minimum Gasteiger partial charge on any atom is -0.368 e. The predicted molar refractivity (Wildman–Crippen MR) is 110 cm³/mol. The van der Waals surface area contributed by atoms with Crippen LogP contribution in [0.2, 0.25) is 5.02 Å². The van der Waals surface area contributed by atoms with Crippen molar-refractivity contribution in [1.82, 2.24) is 10.2 Å². The fraction of sp³-hybridized carbons (Fsp3) is 0.409. The van der Waals surface area contributed by atoms with Gasteiger partial charge in [-0.15, -0.1) is 0 Å². The molecular formula is C22H26ClN3O. The number of nitrogens with one attached hydrogen (secondary N) is 1. The van der Waals surface area contributed by atoms with E-state index in [4.69, 9.17) is 11.6 Å². The van der Waals surface area contributed by atoms with Crippen LogP contribution in [0, 0.1) is 12.3 Å². The summed E-state index contributed by atoms with van der Waals surface area (Å²) in [5.74, 6) is 0.292. The van der Waals surface area contributed by atoms with Crippen LogP contribution in [-0.4, -0.2) is 50.1 Å². The minimum atomic E-state index is -0.307. The van der Waals surface area contributed by atoms with E-state index < -0.39 is 0 Å². The van der Waals surface area contributed by atoms with Crippen molar-refractivity contribution in [3.63, 3.8) is 0 Å². The number of para-hydroxylation sites is 1. The van der Waals surface area contributed by atoms with E-state index in [9.17, 15) is 4.79 Å². The number of carbonyl (C=O) groups excluding carboxylic acids is 1. The van der Waals surface area contributed by atoms with Gasteiger partial charge in [0, 0.05) is 50.0 Å². The molecule has 1 N–H and O–H groups in total. The van der Waals surface area contributed by atoms with Crippen molar-refractivity contribution in [2.24, 2.45) is 5.41 Å². The fourth-order valence-electron chi connectivity index (χ4n) is 4.18. The van der Waals surface area contributed by atoms with Gasteiger partial charge in [0.1, 0.15) is 0 Å². The van der Waals surface area contributed by atoms with Crippen LogP contribution in [-0.2, 0) is 11.2 Å². The summed E-state index contributed by atoms with van der Waals surface area (Å²) in [6, 6.07) is 16.4. The molecule has 0 radical (unpaired) electrons. The summed E-state index contributed by atoms with van der Waals surface area (Å²) in [4.78, 5) is 17.8. The molecule has 4 rings (SSSR count). The number of rotatable bonds is 4. The Morgan fingerprint density at radius 3 is 2.30 bits per heavy atom. The maximum Gasteiger partial charge on any atom is 0.231 e. The van der Waals surface area contributed by atoms with Crippen LogP contribution in [0.15, 0.2) is 48.5 Å². The predicted octanol–water partition coefficient (Wildman–Crippen LogP) is 3.13. The van der Waals surface area contributed by atoms with E-state index in [-0.39, 0.29) is 5.41 Å². The molecule has 2 aromatic rings. The van der Waals surface area contributed by atoms with E-state index in [0.717, 1.165) is 50.7 Å². The summed E-state index contributed by atoms with van der Waals surface area (Å²) in [7, 11) is 0. The number of hydrogen-bond acceptors (Lipinski definition) is 3. The molecule has 142 valence electrons. The Labute approximate surface area is 166 Å². The van der Waals surface area contributed by atoms with Crippen LogP contribution in [0.5, 0.6) is 0 Å². The van der Waals surface area contributed by atoms with Gasteiger partial charge in [-0.1, -0.05) is 41.9 Å². The number of piperazine rings is 1. The van der Waals surface area contributed by atoms with Crippen LogP contribution >= 0.6 is 11.6 Å². The number of halogens is 1. The smallest absolute Gasteiger partial charge is 0.231 e. The number of hydrogen-bond donors (Lipinski definition) is 1. The normalized spacial score (nSPS) is 18.9. The van der Waals surface area contributed by atoms with Gasteiger partial charge >= 0.3 is 0 Å². The molecule has 0 saturated carbocycles. The zero-order chi connectivity index (χ0) is 18.9. The molecule has 5 heteroatoms. The summed E-state index contributed by atoms with van der Waals surface area (Å²) in [5, 5.41) is 4.05. The highest BCUT2D eigenvalue weighted by Crippen LogP contribution is 2.32. The van der Waals surface area contributed by atoms with Crippen molar-refractivity contribution in [3.8, 4) is 0 Å². The Morgan fingerprint density at radius 1 is 1.04 bits per heavy atom. The Balaban J connectivity index is 1.42. The Bertz CT molecular complexity index is 809. The Morgan fingerprint density at radius 2 is 1.70 bits per heavy atom. The molecule has 27 heavy (non-hydrogen) atoms. The van der Waals surface area contributed by atoms with E-state index in [2.05, 4.69) is 46.3 Å². The van der Waals surface area contributed by atoms with Gasteiger partial charge in [0.2, 0.25) is 5.91 Å². The van der Waals surface area contributed by atoms with E-state index in [0.29, 0.717) is 5.91 Å². The SMILES string of the molecule is Cc1ccccc1N1CCN(C(=O)C2(Cc3ccc(Cl)cc3)CNC2)CC1. The highest BCUT2D eigenvalue weighted by molar-refractivity contribution is 6.30. The third-order valence-electron chi connectivity index (χ3n) is 5.86. The molecule has 0 aliphatic carbocycles. The number of carbonyl (C=O) groups is 1. The van der Waals surface area contributed by atoms with Gasteiger partial charge in [0.05, 0.1) is 5.41 Å². The molecule has 2 saturated heterocycles. The standard InChI is InChI=1S/C22H26ClN3O/c1-17-4-2-3-5-20(17)25-10-12-26(13-11-25)21(27)22(15-24-16-22)14-18-6-8-19(23)9-7-18/h2-9,24H,10-16H2,1H3. The lowest BCUT2D eigenvalue weighted by Crippen LogP contribution is -2.65. The fourth-order valence-corrected chi connectivity index (χ4v) is 4.30. The van der Waals surface area contributed by atoms with Crippen LogP contribution in [0.3, 0.4) is 0 Å². The Hall–Kier alpha value is -2.04. The summed E-state index contributed by atoms with van der Waals surface area (Å²) >= 11 is 6.00. The monoisotopic (exact) mass is 383 g/mol. The summed E-state index contributed by atoms with van der Waals surface area (Å²) < 4.78 is 0. The van der Waals surface area contributed by atoms with Gasteiger partial charge in [0.15, 0.2) is 0 Å².